The van der Waals surface area contributed by atoms with Gasteiger partial charge in [0.2, 0.25) is 0 Å². The van der Waals surface area contributed by atoms with Gasteiger partial charge >= 0.3 is 0 Å². The smallest absolute Gasteiger partial charge is 0.258 e. The van der Waals surface area contributed by atoms with E-state index in [-0.39, 0.29) is 11.8 Å². The molecule has 0 saturated heterocycles. The van der Waals surface area contributed by atoms with Gasteiger partial charge in [-0.1, -0.05) is 54.1 Å². The number of hydrogen-bond acceptors (Lipinski definition) is 3. The van der Waals surface area contributed by atoms with Crippen LogP contribution in [-0.4, -0.2) is 18.9 Å². The lowest BCUT2D eigenvalue weighted by atomic mass is 10.0. The van der Waals surface area contributed by atoms with Crippen LogP contribution in [0.25, 0.3) is 0 Å². The van der Waals surface area contributed by atoms with Crippen LogP contribution in [-0.2, 0) is 13.0 Å². The average molecular weight is 483 g/mol. The molecule has 1 N–H and O–H groups in total. The minimum Gasteiger partial charge on any atom is -0.495 e. The molecule has 2 amide bonds. The monoisotopic (exact) mass is 482 g/mol. The first kappa shape index (κ1) is 22.7. The molecule has 5 rings (SSSR count). The van der Waals surface area contributed by atoms with Crippen molar-refractivity contribution in [3.05, 3.63) is 124 Å². The average Bonchev–Trinajstić information content (AvgIpc) is 3.05. The molecule has 0 aliphatic carbocycles. The van der Waals surface area contributed by atoms with E-state index in [1.165, 1.54) is 12.7 Å². The van der Waals surface area contributed by atoms with Crippen molar-refractivity contribution >= 4 is 34.8 Å². The van der Waals surface area contributed by atoms with Crippen molar-refractivity contribution < 1.29 is 14.3 Å². The lowest BCUT2D eigenvalue weighted by Gasteiger charge is -2.23. The number of carbonyl (C=O) groups excluding carboxylic acids is 2. The Labute approximate surface area is 208 Å². The van der Waals surface area contributed by atoms with Crippen LogP contribution in [0.4, 0.5) is 11.4 Å². The van der Waals surface area contributed by atoms with Crippen LogP contribution in [0, 0.1) is 0 Å². The number of methoxy groups -OCH3 is 1. The molecule has 5 nitrogen and oxygen atoms in total. The summed E-state index contributed by atoms with van der Waals surface area (Å²) in [4.78, 5) is 28.1. The fourth-order valence-electron chi connectivity index (χ4n) is 4.32. The Bertz CT molecular complexity index is 1420. The second-order valence-corrected chi connectivity index (χ2v) is 8.75. The quantitative estimate of drug-likeness (QED) is 0.368. The molecule has 4 aromatic carbocycles. The van der Waals surface area contributed by atoms with Crippen LogP contribution in [0.2, 0.25) is 5.02 Å². The molecule has 1 heterocycles. The third-order valence-electron chi connectivity index (χ3n) is 6.16. The van der Waals surface area contributed by atoms with E-state index in [1.54, 1.807) is 42.5 Å². The summed E-state index contributed by atoms with van der Waals surface area (Å²) in [5.74, 6) is 0.132. The first-order valence-corrected chi connectivity index (χ1v) is 11.6. The lowest BCUT2D eigenvalue weighted by molar-refractivity contribution is 0.0982. The first-order valence-electron chi connectivity index (χ1n) is 11.2. The summed E-state index contributed by atoms with van der Waals surface area (Å²) in [5.41, 5.74) is 5.89. The number of hydrogen-bond donors (Lipinski definition) is 1. The standard InChI is InChI=1S/C29H23ClN2O3/c1-35-27-15-14-24(17-25(27)30)31-28(33)19-10-12-20(13-11-19)29(34)32-18-23-8-3-2-6-21(23)16-22-7-4-5-9-26(22)32/h2-15,17H,16,18H2,1H3,(H,31,33). The molecule has 0 unspecified atom stereocenters. The van der Waals surface area contributed by atoms with Crippen molar-refractivity contribution in [2.45, 2.75) is 13.0 Å². The van der Waals surface area contributed by atoms with Crippen molar-refractivity contribution in [1.82, 2.24) is 0 Å². The summed E-state index contributed by atoms with van der Waals surface area (Å²) in [6, 6.07) is 28.0. The van der Waals surface area contributed by atoms with Crippen molar-refractivity contribution in [1.29, 1.82) is 0 Å². The largest absolute Gasteiger partial charge is 0.495 e. The zero-order valence-corrected chi connectivity index (χ0v) is 19.9. The van der Waals surface area contributed by atoms with Crippen LogP contribution in [0.5, 0.6) is 5.75 Å². The van der Waals surface area contributed by atoms with Crippen molar-refractivity contribution in [2.24, 2.45) is 0 Å². The maximum absolute atomic E-state index is 13.6. The Hall–Kier alpha value is -4.09. The second kappa shape index (κ2) is 9.65. The van der Waals surface area contributed by atoms with E-state index in [9.17, 15) is 9.59 Å². The number of rotatable bonds is 4. The summed E-state index contributed by atoms with van der Waals surface area (Å²) >= 11 is 6.15. The van der Waals surface area contributed by atoms with Gasteiger partial charge in [-0.25, -0.2) is 0 Å². The maximum Gasteiger partial charge on any atom is 0.258 e. The highest BCUT2D eigenvalue weighted by Crippen LogP contribution is 2.32. The molecule has 0 bridgehead atoms. The van der Waals surface area contributed by atoms with Gasteiger partial charge in [0.1, 0.15) is 5.75 Å². The van der Waals surface area contributed by atoms with E-state index < -0.39 is 0 Å². The molecule has 0 spiro atoms. The lowest BCUT2D eigenvalue weighted by Crippen LogP contribution is -2.30. The molecule has 0 saturated carbocycles. The number of halogens is 1. The molecular weight excluding hydrogens is 460 g/mol. The van der Waals surface area contributed by atoms with Gasteiger partial charge in [0.15, 0.2) is 0 Å². The van der Waals surface area contributed by atoms with Crippen LogP contribution in [0.3, 0.4) is 0 Å². The van der Waals surface area contributed by atoms with Crippen LogP contribution in [0.1, 0.15) is 37.4 Å². The number of anilines is 2. The molecule has 4 aromatic rings. The predicted molar refractivity (Wildman–Crippen MR) is 139 cm³/mol. The van der Waals surface area contributed by atoms with E-state index in [0.29, 0.717) is 34.1 Å². The number of nitrogens with one attached hydrogen (secondary N) is 1. The van der Waals surface area contributed by atoms with E-state index in [2.05, 4.69) is 23.5 Å². The number of fused-ring (bicyclic) bond motifs is 2. The zero-order chi connectivity index (χ0) is 24.4. The third-order valence-corrected chi connectivity index (χ3v) is 6.45. The van der Waals surface area contributed by atoms with Gasteiger partial charge < -0.3 is 15.0 Å². The van der Waals surface area contributed by atoms with Crippen molar-refractivity contribution in [3.8, 4) is 5.75 Å². The molecule has 1 aliphatic heterocycles. The van der Waals surface area contributed by atoms with Crippen molar-refractivity contribution in [3.63, 3.8) is 0 Å². The maximum atomic E-state index is 13.6. The van der Waals surface area contributed by atoms with Crippen molar-refractivity contribution in [2.75, 3.05) is 17.3 Å². The molecule has 0 atom stereocenters. The third kappa shape index (κ3) is 4.63. The SMILES string of the molecule is COc1ccc(NC(=O)c2ccc(C(=O)N3Cc4ccccc4Cc4ccccc43)cc2)cc1Cl. The Morgan fingerprint density at radius 1 is 0.829 bits per heavy atom. The molecular formula is C29H23ClN2O3. The van der Waals surface area contributed by atoms with Gasteiger partial charge in [0, 0.05) is 22.5 Å². The summed E-state index contributed by atoms with van der Waals surface area (Å²) in [6.45, 7) is 0.493. The summed E-state index contributed by atoms with van der Waals surface area (Å²) in [6.07, 6.45) is 0.782. The van der Waals surface area contributed by atoms with Crippen LogP contribution in [0.15, 0.2) is 91.0 Å². The predicted octanol–water partition coefficient (Wildman–Crippen LogP) is 6.35. The molecule has 0 aromatic heterocycles. The number of benzene rings is 4. The minimum atomic E-state index is -0.292. The van der Waals surface area contributed by atoms with E-state index in [1.807, 2.05) is 35.2 Å². The Balaban J connectivity index is 1.38. The zero-order valence-electron chi connectivity index (χ0n) is 19.1. The molecule has 35 heavy (non-hydrogen) atoms. The molecule has 6 heteroatoms. The van der Waals surface area contributed by atoms with E-state index in [0.717, 1.165) is 23.2 Å². The fourth-order valence-corrected chi connectivity index (χ4v) is 4.57. The minimum absolute atomic E-state index is 0.108. The normalized spacial score (nSPS) is 12.2. The number of carbonyl (C=O) groups is 2. The van der Waals surface area contributed by atoms with E-state index >= 15 is 0 Å². The first-order chi connectivity index (χ1) is 17.0. The summed E-state index contributed by atoms with van der Waals surface area (Å²) in [5, 5.41) is 3.23. The Morgan fingerprint density at radius 3 is 2.20 bits per heavy atom. The number of para-hydroxylation sites is 1. The van der Waals surface area contributed by atoms with Gasteiger partial charge in [-0.3, -0.25) is 9.59 Å². The summed E-state index contributed by atoms with van der Waals surface area (Å²) < 4.78 is 5.14. The second-order valence-electron chi connectivity index (χ2n) is 8.35. The highest BCUT2D eigenvalue weighted by Gasteiger charge is 2.25. The number of ether oxygens (including phenoxy) is 1. The van der Waals surface area contributed by atoms with Crippen LogP contribution >= 0.6 is 11.6 Å². The topological polar surface area (TPSA) is 58.6 Å². The van der Waals surface area contributed by atoms with Gasteiger partial charge in [-0.2, -0.15) is 0 Å². The van der Waals surface area contributed by atoms with Gasteiger partial charge in [-0.15, -0.1) is 0 Å². The number of nitrogens with zero attached hydrogens (tertiary/aromatic N) is 1. The van der Waals surface area contributed by atoms with Gasteiger partial charge in [-0.05, 0) is 71.6 Å². The molecule has 1 aliphatic rings. The molecule has 0 radical (unpaired) electrons. The van der Waals surface area contributed by atoms with Gasteiger partial charge in [0.25, 0.3) is 11.8 Å². The Kier molecular flexibility index (Phi) is 6.25. The van der Waals surface area contributed by atoms with Gasteiger partial charge in [0.05, 0.1) is 18.7 Å². The highest BCUT2D eigenvalue weighted by atomic mass is 35.5. The molecule has 174 valence electrons. The van der Waals surface area contributed by atoms with E-state index in [4.69, 9.17) is 16.3 Å². The Morgan fingerprint density at radius 2 is 1.49 bits per heavy atom. The fraction of sp³-hybridized carbons (Fsp3) is 0.103. The molecule has 0 fully saturated rings. The highest BCUT2D eigenvalue weighted by molar-refractivity contribution is 6.32. The summed E-state index contributed by atoms with van der Waals surface area (Å²) in [7, 11) is 1.53. The van der Waals surface area contributed by atoms with Crippen LogP contribution < -0.4 is 15.0 Å². The number of amides is 2.